The molecule has 0 aliphatic carbocycles. The van der Waals surface area contributed by atoms with Crippen molar-refractivity contribution in [2.45, 2.75) is 19.9 Å². The van der Waals surface area contributed by atoms with Crippen molar-refractivity contribution in [2.75, 3.05) is 0 Å². The van der Waals surface area contributed by atoms with Gasteiger partial charge in [-0.3, -0.25) is 4.79 Å². The van der Waals surface area contributed by atoms with E-state index >= 15 is 0 Å². The smallest absolute Gasteiger partial charge is 0.316 e. The van der Waals surface area contributed by atoms with E-state index < -0.39 is 0 Å². The summed E-state index contributed by atoms with van der Waals surface area (Å²) in [6.07, 6.45) is 1.26. The van der Waals surface area contributed by atoms with Crippen molar-refractivity contribution < 1.29 is 4.79 Å². The fourth-order valence-corrected chi connectivity index (χ4v) is 0.343. The van der Waals surface area contributed by atoms with Crippen LogP contribution in [-0.2, 0) is 4.79 Å². The van der Waals surface area contributed by atoms with Crippen LogP contribution in [0.5, 0.6) is 0 Å². The van der Waals surface area contributed by atoms with Crippen molar-refractivity contribution >= 4 is 47.8 Å². The van der Waals surface area contributed by atoms with Gasteiger partial charge in [-0.1, -0.05) is 6.58 Å². The summed E-state index contributed by atoms with van der Waals surface area (Å²) in [6.45, 7) is 7.11. The Kier molecular flexibility index (Phi) is 16.2. The van der Waals surface area contributed by atoms with Gasteiger partial charge in [-0.15, -0.1) is 0 Å². The molecule has 4 heteroatoms. The zero-order chi connectivity index (χ0) is 6.57. The van der Waals surface area contributed by atoms with E-state index in [0.717, 1.165) is 0 Å². The molecule has 0 aromatic carbocycles. The standard InChI is InChI=1S/C6H11NO.Li.Mg.3H/c1-4-6(8)7-5(2)3;;;;;/h4-5H,1H2,2-3H3,(H,7,8);;;;;. The molecular weight excluding hydrogens is 133 g/mol. The molecule has 0 aliphatic heterocycles. The van der Waals surface area contributed by atoms with Gasteiger partial charge in [-0.25, -0.2) is 0 Å². The number of carbonyl (C=O) groups is 1. The molecule has 0 spiro atoms. The van der Waals surface area contributed by atoms with E-state index in [0.29, 0.717) is 0 Å². The molecule has 0 fully saturated rings. The van der Waals surface area contributed by atoms with Gasteiger partial charge in [0.1, 0.15) is 0 Å². The Hall–Kier alpha value is 0.574. The van der Waals surface area contributed by atoms with Gasteiger partial charge in [-0.2, -0.15) is 0 Å². The van der Waals surface area contributed by atoms with Crippen molar-refractivity contribution in [3.8, 4) is 0 Å². The monoisotopic (exact) mass is 147 g/mol. The zero-order valence-corrected chi connectivity index (χ0v) is 5.27. The Morgan fingerprint density at radius 3 is 2.10 bits per heavy atom. The second kappa shape index (κ2) is 9.57. The van der Waals surface area contributed by atoms with E-state index in [1.54, 1.807) is 0 Å². The average molecular weight is 147 g/mol. The summed E-state index contributed by atoms with van der Waals surface area (Å²) in [6, 6.07) is 0.209. The summed E-state index contributed by atoms with van der Waals surface area (Å²) in [5.74, 6) is -0.111. The first-order valence-corrected chi connectivity index (χ1v) is 2.59. The minimum absolute atomic E-state index is 0. The van der Waals surface area contributed by atoms with Gasteiger partial charge >= 0.3 is 41.9 Å². The van der Waals surface area contributed by atoms with Gasteiger partial charge < -0.3 is 5.32 Å². The van der Waals surface area contributed by atoms with Gasteiger partial charge in [-0.05, 0) is 19.9 Å². The normalized spacial score (nSPS) is 7.10. The molecule has 0 rings (SSSR count). The number of nitrogens with one attached hydrogen (secondary N) is 1. The molecular formula is C6H14LiMgNO. The SMILES string of the molecule is C=CC(=O)NC(C)C.[LiH].[MgH2]. The molecule has 0 unspecified atom stereocenters. The van der Waals surface area contributed by atoms with Crippen LogP contribution in [0.15, 0.2) is 12.7 Å². The molecule has 0 saturated carbocycles. The van der Waals surface area contributed by atoms with E-state index in [-0.39, 0.29) is 53.9 Å². The second-order valence-electron chi connectivity index (χ2n) is 1.87. The predicted molar refractivity (Wildman–Crippen MR) is 49.2 cm³/mol. The van der Waals surface area contributed by atoms with Crippen LogP contribution in [0.1, 0.15) is 13.8 Å². The van der Waals surface area contributed by atoms with Crippen molar-refractivity contribution in [2.24, 2.45) is 0 Å². The Bertz CT molecular complexity index is 106. The molecule has 0 aromatic rings. The first-order valence-electron chi connectivity index (χ1n) is 2.59. The summed E-state index contributed by atoms with van der Waals surface area (Å²) < 4.78 is 0. The van der Waals surface area contributed by atoms with Gasteiger partial charge in [0.25, 0.3) is 0 Å². The Morgan fingerprint density at radius 2 is 2.00 bits per heavy atom. The molecule has 52 valence electrons. The van der Waals surface area contributed by atoms with E-state index in [2.05, 4.69) is 11.9 Å². The van der Waals surface area contributed by atoms with E-state index in [1.165, 1.54) is 6.08 Å². The second-order valence-corrected chi connectivity index (χ2v) is 1.87. The zero-order valence-electron chi connectivity index (χ0n) is 5.27. The van der Waals surface area contributed by atoms with Crippen LogP contribution in [-0.4, -0.2) is 53.9 Å². The van der Waals surface area contributed by atoms with Gasteiger partial charge in [0.05, 0.1) is 0 Å². The van der Waals surface area contributed by atoms with Crippen molar-refractivity contribution in [1.82, 2.24) is 5.32 Å². The summed E-state index contributed by atoms with van der Waals surface area (Å²) in [7, 11) is 0. The number of rotatable bonds is 2. The topological polar surface area (TPSA) is 29.1 Å². The maximum Gasteiger partial charge on any atom is 0.316 e. The Labute approximate surface area is 90.2 Å². The number of hydrogen-bond acceptors (Lipinski definition) is 1. The summed E-state index contributed by atoms with van der Waals surface area (Å²) in [4.78, 5) is 10.4. The van der Waals surface area contributed by atoms with Gasteiger partial charge in [0.15, 0.2) is 0 Å². The molecule has 1 N–H and O–H groups in total. The summed E-state index contributed by atoms with van der Waals surface area (Å²) in [5.41, 5.74) is 0. The number of hydrogen-bond donors (Lipinski definition) is 1. The average Bonchev–Trinajstić information content (AvgIpc) is 1.65. The van der Waals surface area contributed by atoms with Crippen LogP contribution >= 0.6 is 0 Å². The van der Waals surface area contributed by atoms with E-state index in [9.17, 15) is 4.79 Å². The molecule has 10 heavy (non-hydrogen) atoms. The minimum Gasteiger partial charge on any atom is 0.316 e. The van der Waals surface area contributed by atoms with E-state index in [1.807, 2.05) is 13.8 Å². The third-order valence-electron chi connectivity index (χ3n) is 0.616. The van der Waals surface area contributed by atoms with Crippen molar-refractivity contribution in [3.63, 3.8) is 0 Å². The largest absolute Gasteiger partial charge is 0.316 e. The summed E-state index contributed by atoms with van der Waals surface area (Å²) in [5, 5.41) is 2.64. The van der Waals surface area contributed by atoms with Crippen LogP contribution in [0.4, 0.5) is 0 Å². The fraction of sp³-hybridized carbons (Fsp3) is 0.500. The molecule has 2 nitrogen and oxygen atoms in total. The molecule has 0 aliphatic rings. The molecule has 0 saturated heterocycles. The molecule has 0 atom stereocenters. The number of carbonyl (C=O) groups excluding carboxylic acids is 1. The van der Waals surface area contributed by atoms with Crippen LogP contribution < -0.4 is 5.32 Å². The first-order chi connectivity index (χ1) is 3.66. The quantitative estimate of drug-likeness (QED) is 0.399. The first kappa shape index (κ1) is 16.9. The molecule has 1 amide bonds. The third kappa shape index (κ3) is 11.4. The van der Waals surface area contributed by atoms with Crippen LogP contribution in [0.25, 0.3) is 0 Å². The maximum atomic E-state index is 10.4. The predicted octanol–water partition coefficient (Wildman–Crippen LogP) is -0.868. The van der Waals surface area contributed by atoms with Crippen molar-refractivity contribution in [1.29, 1.82) is 0 Å². The Morgan fingerprint density at radius 1 is 1.60 bits per heavy atom. The summed E-state index contributed by atoms with van der Waals surface area (Å²) >= 11 is 0. The Balaban J connectivity index is -0.000000245. The van der Waals surface area contributed by atoms with Gasteiger partial charge in [0.2, 0.25) is 5.91 Å². The molecule has 0 aromatic heterocycles. The van der Waals surface area contributed by atoms with Gasteiger partial charge in [0, 0.05) is 6.04 Å². The molecule has 0 radical (unpaired) electrons. The van der Waals surface area contributed by atoms with Crippen LogP contribution in [0.2, 0.25) is 0 Å². The fourth-order valence-electron chi connectivity index (χ4n) is 0.343. The van der Waals surface area contributed by atoms with E-state index in [4.69, 9.17) is 0 Å². The number of amides is 1. The van der Waals surface area contributed by atoms with Crippen LogP contribution in [0, 0.1) is 0 Å². The third-order valence-corrected chi connectivity index (χ3v) is 0.616. The maximum absolute atomic E-state index is 10.4. The van der Waals surface area contributed by atoms with Crippen LogP contribution in [0.3, 0.4) is 0 Å². The molecule has 0 bridgehead atoms. The van der Waals surface area contributed by atoms with Crippen molar-refractivity contribution in [3.05, 3.63) is 12.7 Å². The minimum atomic E-state index is -0.111. The molecule has 0 heterocycles.